The van der Waals surface area contributed by atoms with Gasteiger partial charge in [0.05, 0.1) is 10.6 Å². The van der Waals surface area contributed by atoms with Crippen LogP contribution in [0.25, 0.3) is 10.8 Å². The van der Waals surface area contributed by atoms with Crippen LogP contribution in [0.4, 0.5) is 0 Å². The second-order valence-electron chi connectivity index (χ2n) is 6.66. The standard InChI is InChI=1S/C20H27O2S2/c1-2-3-4-7-14-24(21,22)20-11-9-17-15-19(10-8-18(17)16-20)23-12-5-6-13-23/h8-11,15-16H,2-7,12-14H2,1H3/q+1. The molecule has 0 atom stereocenters. The number of unbranched alkanes of at least 4 members (excludes halogenated alkanes) is 3. The van der Waals surface area contributed by atoms with E-state index >= 15 is 0 Å². The first-order valence-corrected chi connectivity index (χ1v) is 12.3. The summed E-state index contributed by atoms with van der Waals surface area (Å²) < 4.78 is 25.0. The van der Waals surface area contributed by atoms with E-state index in [0.29, 0.717) is 15.8 Å². The highest BCUT2D eigenvalue weighted by Gasteiger charge is 2.26. The minimum atomic E-state index is -3.16. The second kappa shape index (κ2) is 7.92. The molecule has 1 fully saturated rings. The lowest BCUT2D eigenvalue weighted by molar-refractivity contribution is 0.589. The number of hydrogen-bond acceptors (Lipinski definition) is 2. The average Bonchev–Trinajstić information content (AvgIpc) is 3.12. The Morgan fingerprint density at radius 2 is 1.62 bits per heavy atom. The molecular formula is C20H27O2S2+. The SMILES string of the molecule is CCCCCCS(=O)(=O)c1ccc2cc([S+]3CCCC3)ccc2c1. The Morgan fingerprint density at radius 3 is 2.38 bits per heavy atom. The molecule has 0 unspecified atom stereocenters. The molecule has 1 heterocycles. The van der Waals surface area contributed by atoms with Gasteiger partial charge in [0.2, 0.25) is 0 Å². The highest BCUT2D eigenvalue weighted by molar-refractivity contribution is 7.97. The second-order valence-corrected chi connectivity index (χ2v) is 11.0. The zero-order chi connectivity index (χ0) is 17.0. The third-order valence-electron chi connectivity index (χ3n) is 4.77. The number of sulfone groups is 1. The fraction of sp³-hybridized carbons (Fsp3) is 0.500. The van der Waals surface area contributed by atoms with Crippen LogP contribution in [-0.2, 0) is 20.7 Å². The molecule has 1 aliphatic heterocycles. The van der Waals surface area contributed by atoms with E-state index in [-0.39, 0.29) is 5.75 Å². The fourth-order valence-electron chi connectivity index (χ4n) is 3.30. The van der Waals surface area contributed by atoms with Crippen molar-refractivity contribution in [1.29, 1.82) is 0 Å². The van der Waals surface area contributed by atoms with E-state index in [4.69, 9.17) is 0 Å². The van der Waals surface area contributed by atoms with E-state index in [1.807, 2.05) is 12.1 Å². The zero-order valence-corrected chi connectivity index (χ0v) is 16.1. The summed E-state index contributed by atoms with van der Waals surface area (Å²) in [4.78, 5) is 1.91. The van der Waals surface area contributed by atoms with Gasteiger partial charge in [-0.25, -0.2) is 8.42 Å². The van der Waals surface area contributed by atoms with Gasteiger partial charge in [-0.05, 0) is 54.3 Å². The smallest absolute Gasteiger partial charge is 0.178 e. The lowest BCUT2D eigenvalue weighted by Gasteiger charge is -2.07. The van der Waals surface area contributed by atoms with Gasteiger partial charge in [0.25, 0.3) is 0 Å². The van der Waals surface area contributed by atoms with Gasteiger partial charge in [-0.1, -0.05) is 32.3 Å². The monoisotopic (exact) mass is 363 g/mol. The fourth-order valence-corrected chi connectivity index (χ4v) is 7.04. The van der Waals surface area contributed by atoms with Crippen molar-refractivity contribution in [3.63, 3.8) is 0 Å². The maximum Gasteiger partial charge on any atom is 0.178 e. The lowest BCUT2D eigenvalue weighted by atomic mass is 10.1. The molecule has 0 bridgehead atoms. The summed E-state index contributed by atoms with van der Waals surface area (Å²) in [7, 11) is -2.75. The average molecular weight is 364 g/mol. The predicted molar refractivity (Wildman–Crippen MR) is 105 cm³/mol. The maximum atomic E-state index is 12.5. The van der Waals surface area contributed by atoms with Crippen molar-refractivity contribution in [2.45, 2.75) is 55.2 Å². The maximum absolute atomic E-state index is 12.5. The molecule has 3 rings (SSSR count). The molecule has 2 aromatic carbocycles. The van der Waals surface area contributed by atoms with Crippen LogP contribution >= 0.6 is 0 Å². The highest BCUT2D eigenvalue weighted by Crippen LogP contribution is 2.28. The highest BCUT2D eigenvalue weighted by atomic mass is 32.2. The molecule has 0 aromatic heterocycles. The molecular weight excluding hydrogens is 336 g/mol. The van der Waals surface area contributed by atoms with Gasteiger partial charge in [0.15, 0.2) is 14.7 Å². The first-order chi connectivity index (χ1) is 11.6. The van der Waals surface area contributed by atoms with E-state index in [1.165, 1.54) is 29.2 Å². The van der Waals surface area contributed by atoms with Crippen LogP contribution in [0.2, 0.25) is 0 Å². The Labute approximate surface area is 148 Å². The van der Waals surface area contributed by atoms with Crippen molar-refractivity contribution >= 4 is 31.5 Å². The van der Waals surface area contributed by atoms with Crippen molar-refractivity contribution < 1.29 is 8.42 Å². The van der Waals surface area contributed by atoms with Crippen molar-refractivity contribution in [1.82, 2.24) is 0 Å². The minimum Gasteiger partial charge on any atom is -0.224 e. The quantitative estimate of drug-likeness (QED) is 0.514. The van der Waals surface area contributed by atoms with E-state index in [0.717, 1.165) is 36.5 Å². The Balaban J connectivity index is 1.79. The van der Waals surface area contributed by atoms with Gasteiger partial charge >= 0.3 is 0 Å². The van der Waals surface area contributed by atoms with Crippen LogP contribution in [0, 0.1) is 0 Å². The molecule has 0 aliphatic carbocycles. The molecule has 0 N–H and O–H groups in total. The molecule has 2 nitrogen and oxygen atoms in total. The van der Waals surface area contributed by atoms with Crippen molar-refractivity contribution in [3.8, 4) is 0 Å². The topological polar surface area (TPSA) is 34.1 Å². The van der Waals surface area contributed by atoms with Crippen LogP contribution in [0.15, 0.2) is 46.2 Å². The molecule has 2 aromatic rings. The summed E-state index contributed by atoms with van der Waals surface area (Å²) >= 11 is 0. The summed E-state index contributed by atoms with van der Waals surface area (Å²) in [6.45, 7) is 2.14. The molecule has 0 radical (unpaired) electrons. The van der Waals surface area contributed by atoms with Gasteiger partial charge in [-0.2, -0.15) is 0 Å². The number of benzene rings is 2. The Hall–Kier alpha value is -1.00. The van der Waals surface area contributed by atoms with Gasteiger partial charge in [-0.3, -0.25) is 0 Å². The first kappa shape index (κ1) is 17.8. The molecule has 24 heavy (non-hydrogen) atoms. The molecule has 4 heteroatoms. The summed E-state index contributed by atoms with van der Waals surface area (Å²) in [5.41, 5.74) is 0. The third-order valence-corrected chi connectivity index (χ3v) is 9.06. The summed E-state index contributed by atoms with van der Waals surface area (Å²) in [6.07, 6.45) is 6.68. The first-order valence-electron chi connectivity index (χ1n) is 9.04. The van der Waals surface area contributed by atoms with E-state index < -0.39 is 9.84 Å². The molecule has 1 saturated heterocycles. The summed E-state index contributed by atoms with van der Waals surface area (Å²) in [6, 6.07) is 12.2. The van der Waals surface area contributed by atoms with Crippen LogP contribution in [0.3, 0.4) is 0 Å². The Morgan fingerprint density at radius 1 is 0.917 bits per heavy atom. The Kier molecular flexibility index (Phi) is 5.88. The number of hydrogen-bond donors (Lipinski definition) is 0. The summed E-state index contributed by atoms with van der Waals surface area (Å²) in [5, 5.41) is 2.20. The van der Waals surface area contributed by atoms with Crippen LogP contribution in [-0.4, -0.2) is 25.7 Å². The normalized spacial score (nSPS) is 16.0. The van der Waals surface area contributed by atoms with Crippen molar-refractivity contribution in [2.24, 2.45) is 0 Å². The van der Waals surface area contributed by atoms with Crippen LogP contribution in [0.1, 0.15) is 45.4 Å². The van der Waals surface area contributed by atoms with Crippen molar-refractivity contribution in [2.75, 3.05) is 17.3 Å². The molecule has 0 spiro atoms. The van der Waals surface area contributed by atoms with E-state index in [2.05, 4.69) is 25.1 Å². The lowest BCUT2D eigenvalue weighted by Crippen LogP contribution is -2.07. The van der Waals surface area contributed by atoms with Crippen molar-refractivity contribution in [3.05, 3.63) is 36.4 Å². The molecule has 1 aliphatic rings. The Bertz CT molecular complexity index is 790. The van der Waals surface area contributed by atoms with Gasteiger partial charge < -0.3 is 0 Å². The van der Waals surface area contributed by atoms with Crippen LogP contribution < -0.4 is 0 Å². The minimum absolute atomic E-state index is 0.264. The number of fused-ring (bicyclic) bond motifs is 1. The molecule has 130 valence electrons. The van der Waals surface area contributed by atoms with Crippen LogP contribution in [0.5, 0.6) is 0 Å². The summed E-state index contributed by atoms with van der Waals surface area (Å²) in [5.74, 6) is 2.89. The third kappa shape index (κ3) is 4.15. The van der Waals surface area contributed by atoms with Gasteiger partial charge in [0, 0.05) is 17.0 Å². The van der Waals surface area contributed by atoms with E-state index in [9.17, 15) is 8.42 Å². The van der Waals surface area contributed by atoms with Gasteiger partial charge in [0.1, 0.15) is 11.5 Å². The number of rotatable bonds is 7. The van der Waals surface area contributed by atoms with Gasteiger partial charge in [-0.15, -0.1) is 0 Å². The predicted octanol–water partition coefficient (Wildman–Crippen LogP) is 4.96. The molecule has 0 saturated carbocycles. The largest absolute Gasteiger partial charge is 0.224 e. The zero-order valence-electron chi connectivity index (χ0n) is 14.5. The van der Waals surface area contributed by atoms with E-state index in [1.54, 1.807) is 6.07 Å². The molecule has 0 amide bonds.